The molecule has 0 unspecified atom stereocenters. The van der Waals surface area contributed by atoms with E-state index in [0.717, 1.165) is 22.3 Å². The molecule has 0 radical (unpaired) electrons. The van der Waals surface area contributed by atoms with Crippen molar-refractivity contribution in [3.8, 4) is 16.9 Å². The number of oxime groups is 1. The number of fused-ring (bicyclic) bond motifs is 6. The van der Waals surface area contributed by atoms with Crippen LogP contribution < -0.4 is 10.1 Å². The van der Waals surface area contributed by atoms with Gasteiger partial charge in [-0.1, -0.05) is 50.2 Å². The lowest BCUT2D eigenvalue weighted by molar-refractivity contribution is -0.152. The Balaban J connectivity index is 1.53. The molecule has 1 N–H and O–H groups in total. The smallest absolute Gasteiger partial charge is 0.408 e. The topological polar surface area (TPSA) is 116 Å². The van der Waals surface area contributed by atoms with Crippen molar-refractivity contribution in [3.63, 3.8) is 0 Å². The van der Waals surface area contributed by atoms with E-state index in [-0.39, 0.29) is 26.2 Å². The molecule has 10 nitrogen and oxygen atoms in total. The summed E-state index contributed by atoms with van der Waals surface area (Å²) < 4.78 is 16.2. The summed E-state index contributed by atoms with van der Waals surface area (Å²) in [5.74, 6) is -0.341. The normalized spacial score (nSPS) is 24.9. The number of amides is 2. The van der Waals surface area contributed by atoms with Crippen molar-refractivity contribution in [1.29, 1.82) is 0 Å². The highest BCUT2D eigenvalue weighted by molar-refractivity contribution is 6.24. The Labute approximate surface area is 232 Å². The first-order chi connectivity index (χ1) is 19.2. The lowest BCUT2D eigenvalue weighted by Gasteiger charge is -2.34. The van der Waals surface area contributed by atoms with Gasteiger partial charge in [0.15, 0.2) is 0 Å². The number of nitrogens with zero attached hydrogens (tertiary/aromatic N) is 2. The first-order valence-electron chi connectivity index (χ1n) is 13.2. The molecule has 4 bridgehead atoms. The van der Waals surface area contributed by atoms with Gasteiger partial charge in [-0.3, -0.25) is 4.79 Å². The highest BCUT2D eigenvalue weighted by atomic mass is 16.6. The fraction of sp³-hybridized carbons (Fsp3) is 0.400. The number of nitrogens with one attached hydrogen (secondary N) is 1. The molecule has 0 spiro atoms. The minimum atomic E-state index is -0.961. The molecule has 2 aromatic carbocycles. The minimum Gasteiger partial charge on any atom is -0.490 e. The van der Waals surface area contributed by atoms with Crippen LogP contribution in [0.3, 0.4) is 0 Å². The maximum Gasteiger partial charge on any atom is 0.408 e. The quantitative estimate of drug-likeness (QED) is 0.365. The van der Waals surface area contributed by atoms with E-state index in [0.29, 0.717) is 11.5 Å². The van der Waals surface area contributed by atoms with E-state index in [2.05, 4.69) is 10.5 Å². The molecule has 0 aromatic heterocycles. The van der Waals surface area contributed by atoms with Gasteiger partial charge in [-0.25, -0.2) is 9.59 Å². The molecule has 5 rings (SSSR count). The Bertz CT molecular complexity index is 1380. The van der Waals surface area contributed by atoms with Crippen molar-refractivity contribution in [3.05, 3.63) is 65.7 Å². The number of methoxy groups -OCH3 is 1. The van der Waals surface area contributed by atoms with Crippen molar-refractivity contribution in [1.82, 2.24) is 10.2 Å². The van der Waals surface area contributed by atoms with E-state index in [4.69, 9.17) is 19.0 Å². The Hall–Kier alpha value is -4.34. The highest BCUT2D eigenvalue weighted by Gasteiger charge is 2.46. The SMILES string of the molecule is COC(=O)[C@@H]1C[C@@H]2CN1C(=O)[C@H](C(C)(C)C)NC(=O)OC/C=C/COc1ccc3c(c1)/C(=N\O2)c1ccccc1-3. The summed E-state index contributed by atoms with van der Waals surface area (Å²) in [4.78, 5) is 46.6. The summed E-state index contributed by atoms with van der Waals surface area (Å²) in [6.07, 6.45) is 2.30. The molecule has 3 aliphatic rings. The Morgan fingerprint density at radius 2 is 1.70 bits per heavy atom. The molecule has 3 atom stereocenters. The van der Waals surface area contributed by atoms with Crippen LogP contribution in [-0.4, -0.2) is 73.6 Å². The molecule has 1 aliphatic carbocycles. The zero-order valence-electron chi connectivity index (χ0n) is 23.0. The molecule has 10 heteroatoms. The summed E-state index contributed by atoms with van der Waals surface area (Å²) in [5.41, 5.74) is 3.80. The first-order valence-corrected chi connectivity index (χ1v) is 13.2. The number of cyclic esters (lactones) is 1. The van der Waals surface area contributed by atoms with Gasteiger partial charge in [-0.15, -0.1) is 0 Å². The van der Waals surface area contributed by atoms with Crippen LogP contribution in [0.25, 0.3) is 11.1 Å². The van der Waals surface area contributed by atoms with Gasteiger partial charge in [0.05, 0.1) is 13.7 Å². The van der Waals surface area contributed by atoms with Crippen molar-refractivity contribution in [2.45, 2.75) is 45.4 Å². The van der Waals surface area contributed by atoms with Crippen LogP contribution in [-0.2, 0) is 23.9 Å². The molecule has 1 fully saturated rings. The molecule has 2 aliphatic heterocycles. The summed E-state index contributed by atoms with van der Waals surface area (Å²) in [5, 5.41) is 7.24. The van der Waals surface area contributed by atoms with Crippen LogP contribution in [0.5, 0.6) is 5.75 Å². The zero-order chi connectivity index (χ0) is 28.4. The highest BCUT2D eigenvalue weighted by Crippen LogP contribution is 2.39. The minimum absolute atomic E-state index is 0.000956. The van der Waals surface area contributed by atoms with Crippen LogP contribution in [0.15, 0.2) is 59.8 Å². The third kappa shape index (κ3) is 5.38. The molecule has 0 saturated carbocycles. The first kappa shape index (κ1) is 27.2. The van der Waals surface area contributed by atoms with Crippen molar-refractivity contribution in [2.75, 3.05) is 26.9 Å². The number of carbonyl (C=O) groups is 3. The standard InChI is InChI=1S/C30H33N3O7/c1-30(2,3)26-27(34)33-17-19(16-24(33)28(35)37-4)40-32-25-22-10-6-5-9-20(22)21-12-11-18(15-23(21)25)38-13-7-8-14-39-29(36)31-26/h5-12,15,19,24,26H,13-14,16-17H2,1-4H3,(H,31,36)/b8-7+,32-25-/t19-,24+,26-/m1/s1. The number of rotatable bonds is 1. The van der Waals surface area contributed by atoms with Gasteiger partial charge in [0.2, 0.25) is 5.91 Å². The molecule has 2 aromatic rings. The lowest BCUT2D eigenvalue weighted by atomic mass is 9.85. The second-order valence-corrected chi connectivity index (χ2v) is 11.0. The van der Waals surface area contributed by atoms with Gasteiger partial charge in [0, 0.05) is 17.5 Å². The van der Waals surface area contributed by atoms with Crippen LogP contribution >= 0.6 is 0 Å². The van der Waals surface area contributed by atoms with E-state index >= 15 is 0 Å². The number of esters is 1. The molecule has 2 amide bonds. The van der Waals surface area contributed by atoms with Gasteiger partial charge < -0.3 is 29.3 Å². The average Bonchev–Trinajstić information content (AvgIpc) is 3.49. The van der Waals surface area contributed by atoms with Crippen molar-refractivity contribution < 1.29 is 33.4 Å². The fourth-order valence-corrected chi connectivity index (χ4v) is 5.19. The number of hydrogen-bond acceptors (Lipinski definition) is 8. The van der Waals surface area contributed by atoms with E-state index < -0.39 is 41.6 Å². The average molecular weight is 548 g/mol. The maximum atomic E-state index is 13.8. The third-order valence-electron chi connectivity index (χ3n) is 7.23. The zero-order valence-corrected chi connectivity index (χ0v) is 23.0. The summed E-state index contributed by atoms with van der Waals surface area (Å²) in [7, 11) is 1.28. The number of benzene rings is 2. The van der Waals surface area contributed by atoms with Gasteiger partial charge in [-0.2, -0.15) is 0 Å². The third-order valence-corrected chi connectivity index (χ3v) is 7.23. The van der Waals surface area contributed by atoms with Gasteiger partial charge >= 0.3 is 12.1 Å². The van der Waals surface area contributed by atoms with Crippen molar-refractivity contribution in [2.24, 2.45) is 10.6 Å². The summed E-state index contributed by atoms with van der Waals surface area (Å²) in [6, 6.07) is 11.9. The second-order valence-electron chi connectivity index (χ2n) is 11.0. The number of alkyl carbamates (subject to hydrolysis) is 1. The van der Waals surface area contributed by atoms with Crippen LogP contribution in [0, 0.1) is 5.41 Å². The monoisotopic (exact) mass is 547 g/mol. The molecular weight excluding hydrogens is 514 g/mol. The van der Waals surface area contributed by atoms with Gasteiger partial charge in [-0.05, 0) is 46.9 Å². The number of hydrogen-bond donors (Lipinski definition) is 1. The maximum absolute atomic E-state index is 13.8. The van der Waals surface area contributed by atoms with E-state index in [1.807, 2.05) is 63.2 Å². The number of ether oxygens (including phenoxy) is 3. The van der Waals surface area contributed by atoms with Crippen LogP contribution in [0.1, 0.15) is 38.3 Å². The van der Waals surface area contributed by atoms with E-state index in [9.17, 15) is 14.4 Å². The Kier molecular flexibility index (Phi) is 7.51. The Morgan fingerprint density at radius 1 is 1.00 bits per heavy atom. The largest absolute Gasteiger partial charge is 0.490 e. The fourth-order valence-electron chi connectivity index (χ4n) is 5.19. The molecule has 40 heavy (non-hydrogen) atoms. The Morgan fingerprint density at radius 3 is 2.42 bits per heavy atom. The summed E-state index contributed by atoms with van der Waals surface area (Å²) in [6.45, 7) is 5.85. The van der Waals surface area contributed by atoms with E-state index in [1.165, 1.54) is 12.0 Å². The lowest BCUT2D eigenvalue weighted by Crippen LogP contribution is -2.57. The number of carbonyl (C=O) groups excluding carboxylic acids is 3. The molecule has 2 heterocycles. The predicted octanol–water partition coefficient (Wildman–Crippen LogP) is 3.67. The predicted molar refractivity (Wildman–Crippen MR) is 147 cm³/mol. The van der Waals surface area contributed by atoms with Gasteiger partial charge in [0.25, 0.3) is 0 Å². The van der Waals surface area contributed by atoms with E-state index in [1.54, 1.807) is 12.2 Å². The molecule has 1 saturated heterocycles. The molecule has 210 valence electrons. The van der Waals surface area contributed by atoms with Crippen LogP contribution in [0.2, 0.25) is 0 Å². The van der Waals surface area contributed by atoms with Crippen molar-refractivity contribution >= 4 is 23.7 Å². The van der Waals surface area contributed by atoms with Crippen LogP contribution in [0.4, 0.5) is 4.79 Å². The summed E-state index contributed by atoms with van der Waals surface area (Å²) >= 11 is 0. The van der Waals surface area contributed by atoms with Gasteiger partial charge in [0.1, 0.15) is 42.9 Å². The molecular formula is C30H33N3O7. The second kappa shape index (κ2) is 11.0.